The molecular formula is C12H19N3O2. The molecule has 2 heterocycles. The zero-order valence-electron chi connectivity index (χ0n) is 9.98. The van der Waals surface area contributed by atoms with E-state index < -0.39 is 0 Å². The average molecular weight is 237 g/mol. The highest BCUT2D eigenvalue weighted by atomic mass is 16.3. The van der Waals surface area contributed by atoms with Gasteiger partial charge >= 0.3 is 0 Å². The first-order chi connectivity index (χ1) is 8.16. The first-order valence-corrected chi connectivity index (χ1v) is 5.92. The van der Waals surface area contributed by atoms with Crippen molar-refractivity contribution in [2.75, 3.05) is 19.6 Å². The van der Waals surface area contributed by atoms with Crippen molar-refractivity contribution >= 4 is 0 Å². The van der Waals surface area contributed by atoms with Gasteiger partial charge < -0.3 is 20.8 Å². The summed E-state index contributed by atoms with van der Waals surface area (Å²) in [5, 5.41) is 25.6. The normalized spacial score (nSPS) is 24.1. The second-order valence-electron chi connectivity index (χ2n) is 4.54. The van der Waals surface area contributed by atoms with Gasteiger partial charge in [-0.2, -0.15) is 0 Å². The highest BCUT2D eigenvalue weighted by Gasteiger charge is 2.24. The summed E-state index contributed by atoms with van der Waals surface area (Å²) < 4.78 is 0. The maximum Gasteiger partial charge on any atom is 0.138 e. The van der Waals surface area contributed by atoms with E-state index in [-0.39, 0.29) is 17.8 Å². The molecule has 2 unspecified atom stereocenters. The van der Waals surface area contributed by atoms with E-state index in [1.54, 1.807) is 12.1 Å². The van der Waals surface area contributed by atoms with Crippen LogP contribution in [0.2, 0.25) is 0 Å². The fraction of sp³-hybridized carbons (Fsp3) is 0.583. The number of nitrogens with zero attached hydrogens (tertiary/aromatic N) is 1. The maximum absolute atomic E-state index is 9.62. The Labute approximate surface area is 101 Å². The van der Waals surface area contributed by atoms with Crippen molar-refractivity contribution in [1.29, 1.82) is 0 Å². The van der Waals surface area contributed by atoms with Crippen molar-refractivity contribution in [1.82, 2.24) is 15.6 Å². The summed E-state index contributed by atoms with van der Waals surface area (Å²) in [4.78, 5) is 4.27. The Hall–Kier alpha value is -1.17. The largest absolute Gasteiger partial charge is 0.506 e. The molecule has 0 aromatic carbocycles. The van der Waals surface area contributed by atoms with Crippen molar-refractivity contribution in [3.63, 3.8) is 0 Å². The van der Waals surface area contributed by atoms with Crippen LogP contribution >= 0.6 is 0 Å². The summed E-state index contributed by atoms with van der Waals surface area (Å²) in [5.74, 6) is 0.454. The van der Waals surface area contributed by atoms with Crippen LogP contribution in [0.5, 0.6) is 5.75 Å². The molecule has 1 aromatic heterocycles. The fourth-order valence-corrected chi connectivity index (χ4v) is 2.04. The Morgan fingerprint density at radius 3 is 3.00 bits per heavy atom. The minimum Gasteiger partial charge on any atom is -0.506 e. The topological polar surface area (TPSA) is 77.4 Å². The number of pyridine rings is 1. The summed E-state index contributed by atoms with van der Waals surface area (Å²) in [6.45, 7) is 4.65. The standard InChI is InChI=1S/C12H19N3O2/c1-8-2-3-11(16)10(15-8)6-13-4-9-5-14-7-12(9)17/h2-3,9,12-14,16-17H,4-7H2,1H3. The van der Waals surface area contributed by atoms with Crippen molar-refractivity contribution < 1.29 is 10.2 Å². The third-order valence-corrected chi connectivity index (χ3v) is 3.09. The second kappa shape index (κ2) is 5.44. The molecule has 0 aliphatic carbocycles. The Morgan fingerprint density at radius 1 is 1.47 bits per heavy atom. The molecule has 1 aliphatic rings. The number of nitrogens with one attached hydrogen (secondary N) is 2. The summed E-state index contributed by atoms with van der Waals surface area (Å²) in [6, 6.07) is 3.44. The van der Waals surface area contributed by atoms with E-state index in [1.807, 2.05) is 6.92 Å². The number of aryl methyl sites for hydroxylation is 1. The number of hydrogen-bond acceptors (Lipinski definition) is 5. The summed E-state index contributed by atoms with van der Waals surface area (Å²) in [6.07, 6.45) is -0.276. The molecule has 5 nitrogen and oxygen atoms in total. The predicted molar refractivity (Wildman–Crippen MR) is 64.7 cm³/mol. The van der Waals surface area contributed by atoms with E-state index in [1.165, 1.54) is 0 Å². The maximum atomic E-state index is 9.62. The molecule has 1 aliphatic heterocycles. The number of hydrogen-bond donors (Lipinski definition) is 4. The van der Waals surface area contributed by atoms with Crippen LogP contribution in [0.15, 0.2) is 12.1 Å². The van der Waals surface area contributed by atoms with Crippen LogP contribution in [0.25, 0.3) is 0 Å². The Bertz CT molecular complexity index is 384. The molecule has 2 atom stereocenters. The lowest BCUT2D eigenvalue weighted by Crippen LogP contribution is -2.30. The van der Waals surface area contributed by atoms with Crippen LogP contribution in [0.4, 0.5) is 0 Å². The highest BCUT2D eigenvalue weighted by Crippen LogP contribution is 2.14. The van der Waals surface area contributed by atoms with Crippen LogP contribution in [-0.4, -0.2) is 40.9 Å². The number of β-amino-alcohol motifs (C(OH)–C–C–N with tert-alkyl or cyclic N) is 1. The second-order valence-corrected chi connectivity index (χ2v) is 4.54. The van der Waals surface area contributed by atoms with Gasteiger partial charge in [-0.15, -0.1) is 0 Å². The lowest BCUT2D eigenvalue weighted by molar-refractivity contribution is 0.146. The monoisotopic (exact) mass is 237 g/mol. The van der Waals surface area contributed by atoms with E-state index in [4.69, 9.17) is 0 Å². The molecular weight excluding hydrogens is 218 g/mol. The SMILES string of the molecule is Cc1ccc(O)c(CNCC2CNCC2O)n1. The third kappa shape index (κ3) is 3.15. The van der Waals surface area contributed by atoms with E-state index in [0.29, 0.717) is 18.8 Å². The minimum absolute atomic E-state index is 0.216. The molecule has 2 rings (SSSR count). The van der Waals surface area contributed by atoms with Crippen LogP contribution < -0.4 is 10.6 Å². The average Bonchev–Trinajstić information content (AvgIpc) is 2.70. The molecule has 1 aromatic rings. The van der Waals surface area contributed by atoms with Gasteiger partial charge in [0.2, 0.25) is 0 Å². The number of aromatic hydroxyl groups is 1. The van der Waals surface area contributed by atoms with E-state index in [9.17, 15) is 10.2 Å². The molecule has 94 valence electrons. The van der Waals surface area contributed by atoms with Crippen molar-refractivity contribution in [3.8, 4) is 5.75 Å². The third-order valence-electron chi connectivity index (χ3n) is 3.09. The zero-order valence-corrected chi connectivity index (χ0v) is 9.98. The highest BCUT2D eigenvalue weighted by molar-refractivity contribution is 5.27. The summed E-state index contributed by atoms with van der Waals surface area (Å²) >= 11 is 0. The molecule has 4 N–H and O–H groups in total. The zero-order chi connectivity index (χ0) is 12.3. The Kier molecular flexibility index (Phi) is 3.93. The quantitative estimate of drug-likeness (QED) is 0.582. The van der Waals surface area contributed by atoms with Crippen LogP contribution in [0, 0.1) is 12.8 Å². The molecule has 1 saturated heterocycles. The predicted octanol–water partition coefficient (Wildman–Crippen LogP) is -0.234. The lowest BCUT2D eigenvalue weighted by atomic mass is 10.1. The molecule has 0 radical (unpaired) electrons. The van der Waals surface area contributed by atoms with Gasteiger partial charge in [0.1, 0.15) is 5.75 Å². The molecule has 1 fully saturated rings. The van der Waals surface area contributed by atoms with E-state index >= 15 is 0 Å². The van der Waals surface area contributed by atoms with Gasteiger partial charge in [-0.25, -0.2) is 0 Å². The van der Waals surface area contributed by atoms with Gasteiger partial charge in [0.05, 0.1) is 11.8 Å². The number of aromatic nitrogens is 1. The van der Waals surface area contributed by atoms with Crippen LogP contribution in [0.3, 0.4) is 0 Å². The van der Waals surface area contributed by atoms with E-state index in [2.05, 4.69) is 15.6 Å². The first-order valence-electron chi connectivity index (χ1n) is 5.92. The van der Waals surface area contributed by atoms with Gasteiger partial charge in [-0.05, 0) is 19.1 Å². The van der Waals surface area contributed by atoms with Crippen LogP contribution in [0.1, 0.15) is 11.4 Å². The molecule has 0 spiro atoms. The molecule has 0 bridgehead atoms. The van der Waals surface area contributed by atoms with Crippen molar-refractivity contribution in [3.05, 3.63) is 23.5 Å². The van der Waals surface area contributed by atoms with Gasteiger partial charge in [0.25, 0.3) is 0 Å². The minimum atomic E-state index is -0.276. The molecule has 0 saturated carbocycles. The molecule has 17 heavy (non-hydrogen) atoms. The lowest BCUT2D eigenvalue weighted by Gasteiger charge is -2.14. The first kappa shape index (κ1) is 12.3. The molecule has 0 amide bonds. The van der Waals surface area contributed by atoms with Gasteiger partial charge in [0, 0.05) is 37.8 Å². The van der Waals surface area contributed by atoms with Crippen molar-refractivity contribution in [2.45, 2.75) is 19.6 Å². The number of rotatable bonds is 4. The van der Waals surface area contributed by atoms with Gasteiger partial charge in [-0.1, -0.05) is 0 Å². The smallest absolute Gasteiger partial charge is 0.138 e. The van der Waals surface area contributed by atoms with Gasteiger partial charge in [0.15, 0.2) is 0 Å². The number of aliphatic hydroxyl groups excluding tert-OH is 1. The van der Waals surface area contributed by atoms with Gasteiger partial charge in [-0.3, -0.25) is 4.98 Å². The Morgan fingerprint density at radius 2 is 2.29 bits per heavy atom. The molecule has 5 heteroatoms. The Balaban J connectivity index is 1.83. The summed E-state index contributed by atoms with van der Waals surface area (Å²) in [5.41, 5.74) is 1.55. The van der Waals surface area contributed by atoms with Crippen molar-refractivity contribution in [2.24, 2.45) is 5.92 Å². The number of aliphatic hydroxyl groups is 1. The van der Waals surface area contributed by atoms with Crippen LogP contribution in [-0.2, 0) is 6.54 Å². The van der Waals surface area contributed by atoms with E-state index in [0.717, 1.165) is 18.8 Å². The summed E-state index contributed by atoms with van der Waals surface area (Å²) in [7, 11) is 0. The fourth-order valence-electron chi connectivity index (χ4n) is 2.04.